The molecule has 0 fully saturated rings. The largest absolute Gasteiger partial charge is 0.322 e. The maximum absolute atomic E-state index is 13.3. The number of benzene rings is 2. The molecule has 0 amide bonds. The zero-order chi connectivity index (χ0) is 26.6. The van der Waals surface area contributed by atoms with Gasteiger partial charge in [0.25, 0.3) is 5.56 Å². The molecule has 0 radical (unpaired) electrons. The van der Waals surface area contributed by atoms with Crippen molar-refractivity contribution in [3.8, 4) is 0 Å². The Morgan fingerprint density at radius 1 is 0.974 bits per heavy atom. The lowest BCUT2D eigenvalue weighted by molar-refractivity contribution is 0.126. The Bertz CT molecular complexity index is 1580. The number of nitrogens with zero attached hydrogens (tertiary/aromatic N) is 6. The summed E-state index contributed by atoms with van der Waals surface area (Å²) in [5.41, 5.74) is 5.95. The summed E-state index contributed by atoms with van der Waals surface area (Å²) < 4.78 is 1.87. The van der Waals surface area contributed by atoms with E-state index >= 15 is 0 Å². The van der Waals surface area contributed by atoms with Gasteiger partial charge >= 0.3 is 0 Å². The number of aryl methyl sites for hydroxylation is 2. The van der Waals surface area contributed by atoms with E-state index in [2.05, 4.69) is 75.4 Å². The second-order valence-corrected chi connectivity index (χ2v) is 10.3. The number of nitrogens with one attached hydrogen (secondary N) is 1. The first-order chi connectivity index (χ1) is 18.4. The average molecular weight is 508 g/mol. The Hall–Kier alpha value is -4.17. The number of aromatic amines is 1. The molecule has 0 unspecified atom stereocenters. The Balaban J connectivity index is 1.56. The molecule has 0 aliphatic rings. The Labute approximate surface area is 222 Å². The number of rotatable bonds is 9. The summed E-state index contributed by atoms with van der Waals surface area (Å²) in [4.78, 5) is 23.0. The van der Waals surface area contributed by atoms with Crippen LogP contribution in [0, 0.1) is 19.8 Å². The van der Waals surface area contributed by atoms with Gasteiger partial charge in [0.15, 0.2) is 5.82 Å². The zero-order valence-corrected chi connectivity index (χ0v) is 22.3. The van der Waals surface area contributed by atoms with Gasteiger partial charge in [-0.1, -0.05) is 56.3 Å². The van der Waals surface area contributed by atoms with Crippen molar-refractivity contribution in [1.29, 1.82) is 0 Å². The van der Waals surface area contributed by atoms with Crippen LogP contribution in [0.15, 0.2) is 77.9 Å². The second kappa shape index (κ2) is 11.1. The van der Waals surface area contributed by atoms with Gasteiger partial charge in [-0.3, -0.25) is 14.7 Å². The van der Waals surface area contributed by atoms with E-state index in [0.717, 1.165) is 39.0 Å². The molecular formula is C30H33N7O. The van der Waals surface area contributed by atoms with E-state index in [9.17, 15) is 4.79 Å². The predicted molar refractivity (Wildman–Crippen MR) is 148 cm³/mol. The van der Waals surface area contributed by atoms with Crippen LogP contribution in [-0.4, -0.2) is 35.1 Å². The van der Waals surface area contributed by atoms with Gasteiger partial charge in [0, 0.05) is 41.9 Å². The lowest BCUT2D eigenvalue weighted by Crippen LogP contribution is -2.35. The molecule has 0 aliphatic heterocycles. The standard InChI is InChI=1S/C30H33N7O/c1-20(2)28(29-33-34-35-37(29)18-23-9-6-5-7-10-23)36(17-24-11-8-12-31-16-24)19-25-15-26-22(4)13-21(3)14-27(26)32-30(25)38/h5-16,20,28H,17-19H2,1-4H3,(H,32,38)/t28-/m0/s1. The van der Waals surface area contributed by atoms with Crippen molar-refractivity contribution in [2.45, 2.75) is 53.4 Å². The molecule has 8 nitrogen and oxygen atoms in total. The first-order valence-corrected chi connectivity index (χ1v) is 12.9. The van der Waals surface area contributed by atoms with Crippen molar-refractivity contribution < 1.29 is 0 Å². The number of hydrogen-bond donors (Lipinski definition) is 1. The highest BCUT2D eigenvalue weighted by molar-refractivity contribution is 5.83. The van der Waals surface area contributed by atoms with Crippen molar-refractivity contribution >= 4 is 10.9 Å². The van der Waals surface area contributed by atoms with Crippen molar-refractivity contribution in [3.63, 3.8) is 0 Å². The van der Waals surface area contributed by atoms with E-state index in [1.165, 1.54) is 0 Å². The van der Waals surface area contributed by atoms with Crippen LogP contribution < -0.4 is 5.56 Å². The van der Waals surface area contributed by atoms with E-state index in [1.807, 2.05) is 54.2 Å². The molecule has 1 atom stereocenters. The number of fused-ring (bicyclic) bond motifs is 1. The van der Waals surface area contributed by atoms with Gasteiger partial charge in [-0.2, -0.15) is 0 Å². The van der Waals surface area contributed by atoms with Crippen LogP contribution in [0.25, 0.3) is 10.9 Å². The lowest BCUT2D eigenvalue weighted by Gasteiger charge is -2.33. The SMILES string of the molecule is Cc1cc(C)c2cc(CN(Cc3cccnc3)[C@H](c3nnnn3Cc3ccccc3)C(C)C)c(=O)[nH]c2c1. The molecule has 0 bridgehead atoms. The van der Waals surface area contributed by atoms with Gasteiger partial charge in [-0.15, -0.1) is 5.10 Å². The molecule has 1 N–H and O–H groups in total. The molecule has 2 aromatic carbocycles. The number of tetrazole rings is 1. The summed E-state index contributed by atoms with van der Waals surface area (Å²) in [6.07, 6.45) is 3.64. The minimum Gasteiger partial charge on any atom is -0.322 e. The van der Waals surface area contributed by atoms with Crippen molar-refractivity contribution in [3.05, 3.63) is 117 Å². The van der Waals surface area contributed by atoms with E-state index in [1.54, 1.807) is 6.20 Å². The van der Waals surface area contributed by atoms with Gasteiger partial charge in [0.1, 0.15) is 0 Å². The topological polar surface area (TPSA) is 92.6 Å². The first kappa shape index (κ1) is 25.5. The van der Waals surface area contributed by atoms with Crippen molar-refractivity contribution in [2.24, 2.45) is 5.92 Å². The average Bonchev–Trinajstić information content (AvgIpc) is 3.33. The first-order valence-electron chi connectivity index (χ1n) is 12.9. The fourth-order valence-electron chi connectivity index (χ4n) is 5.21. The Kier molecular flexibility index (Phi) is 7.42. The van der Waals surface area contributed by atoms with Gasteiger partial charge < -0.3 is 4.98 Å². The molecule has 194 valence electrons. The van der Waals surface area contributed by atoms with Crippen LogP contribution in [0.4, 0.5) is 0 Å². The highest BCUT2D eigenvalue weighted by atomic mass is 16.1. The summed E-state index contributed by atoms with van der Waals surface area (Å²) in [6.45, 7) is 10.1. The summed E-state index contributed by atoms with van der Waals surface area (Å²) >= 11 is 0. The summed E-state index contributed by atoms with van der Waals surface area (Å²) in [6, 6.07) is 20.2. The van der Waals surface area contributed by atoms with Crippen LogP contribution in [-0.2, 0) is 19.6 Å². The Morgan fingerprint density at radius 3 is 2.50 bits per heavy atom. The number of H-pyrrole nitrogens is 1. The lowest BCUT2D eigenvalue weighted by atomic mass is 9.99. The third-order valence-electron chi connectivity index (χ3n) is 6.90. The smallest absolute Gasteiger partial charge is 0.252 e. The second-order valence-electron chi connectivity index (χ2n) is 10.3. The van der Waals surface area contributed by atoms with E-state index in [-0.39, 0.29) is 17.5 Å². The highest BCUT2D eigenvalue weighted by Crippen LogP contribution is 2.30. The fraction of sp³-hybridized carbons (Fsp3) is 0.300. The summed E-state index contributed by atoms with van der Waals surface area (Å²) in [5, 5.41) is 13.9. The number of pyridine rings is 2. The third kappa shape index (κ3) is 5.55. The van der Waals surface area contributed by atoms with Crippen LogP contribution >= 0.6 is 0 Å². The van der Waals surface area contributed by atoms with Crippen molar-refractivity contribution in [2.75, 3.05) is 0 Å². The molecule has 5 rings (SSSR count). The molecule has 0 aliphatic carbocycles. The van der Waals surface area contributed by atoms with E-state index in [4.69, 9.17) is 0 Å². The minimum absolute atomic E-state index is 0.0786. The highest BCUT2D eigenvalue weighted by Gasteiger charge is 2.30. The van der Waals surface area contributed by atoms with Gasteiger partial charge in [0.2, 0.25) is 0 Å². The normalized spacial score (nSPS) is 12.5. The molecular weight excluding hydrogens is 474 g/mol. The fourth-order valence-corrected chi connectivity index (χ4v) is 5.21. The van der Waals surface area contributed by atoms with Crippen LogP contribution in [0.2, 0.25) is 0 Å². The van der Waals surface area contributed by atoms with Crippen LogP contribution in [0.1, 0.15) is 53.5 Å². The predicted octanol–water partition coefficient (Wildman–Crippen LogP) is 4.97. The van der Waals surface area contributed by atoms with Gasteiger partial charge in [-0.25, -0.2) is 4.68 Å². The van der Waals surface area contributed by atoms with Crippen LogP contribution in [0.5, 0.6) is 0 Å². The quantitative estimate of drug-likeness (QED) is 0.303. The summed E-state index contributed by atoms with van der Waals surface area (Å²) in [5.74, 6) is 0.952. The summed E-state index contributed by atoms with van der Waals surface area (Å²) in [7, 11) is 0. The molecule has 8 heteroatoms. The maximum Gasteiger partial charge on any atom is 0.252 e. The van der Waals surface area contributed by atoms with E-state index < -0.39 is 0 Å². The molecule has 38 heavy (non-hydrogen) atoms. The Morgan fingerprint density at radius 2 is 1.76 bits per heavy atom. The van der Waals surface area contributed by atoms with Crippen LogP contribution in [0.3, 0.4) is 0 Å². The molecule has 3 heterocycles. The molecule has 0 saturated heterocycles. The third-order valence-corrected chi connectivity index (χ3v) is 6.90. The number of hydrogen-bond acceptors (Lipinski definition) is 6. The maximum atomic E-state index is 13.3. The number of aromatic nitrogens is 6. The van der Waals surface area contributed by atoms with Gasteiger partial charge in [0.05, 0.1) is 12.6 Å². The molecule has 0 spiro atoms. The monoisotopic (exact) mass is 507 g/mol. The zero-order valence-electron chi connectivity index (χ0n) is 22.3. The van der Waals surface area contributed by atoms with E-state index in [0.29, 0.717) is 25.2 Å². The molecule has 3 aromatic heterocycles. The molecule has 5 aromatic rings. The molecule has 0 saturated carbocycles. The minimum atomic E-state index is -0.136. The van der Waals surface area contributed by atoms with Crippen molar-refractivity contribution in [1.82, 2.24) is 35.1 Å². The van der Waals surface area contributed by atoms with Gasteiger partial charge in [-0.05, 0) is 70.6 Å².